The Kier molecular flexibility index (Phi) is 20.7. The third-order valence-electron chi connectivity index (χ3n) is 6.43. The maximum atomic E-state index is 6.23. The van der Waals surface area contributed by atoms with Crippen LogP contribution in [0.4, 0.5) is 0 Å². The average Bonchev–Trinajstić information content (AvgIpc) is 3.04. The van der Waals surface area contributed by atoms with Gasteiger partial charge in [-0.2, -0.15) is 0 Å². The van der Waals surface area contributed by atoms with Crippen molar-refractivity contribution in [3.63, 3.8) is 0 Å². The number of rotatable bonds is 13. The molecule has 4 rings (SSSR count). The summed E-state index contributed by atoms with van der Waals surface area (Å²) in [6.07, 6.45) is 4.60. The van der Waals surface area contributed by atoms with E-state index >= 15 is 0 Å². The number of hydrogen-bond acceptors (Lipinski definition) is 1. The van der Waals surface area contributed by atoms with Crippen LogP contribution in [0, 0.1) is 6.57 Å². The van der Waals surface area contributed by atoms with E-state index in [0.717, 1.165) is 19.5 Å². The van der Waals surface area contributed by atoms with Crippen molar-refractivity contribution in [2.75, 3.05) is 38.5 Å². The minimum atomic E-state index is -0.346. The van der Waals surface area contributed by atoms with E-state index in [1.807, 2.05) is 6.92 Å². The fourth-order valence-electron chi connectivity index (χ4n) is 4.49. The second-order valence-corrected chi connectivity index (χ2v) is 16.7. The predicted octanol–water partition coefficient (Wildman–Crippen LogP) is 8.66. The summed E-state index contributed by atoms with van der Waals surface area (Å²) in [6, 6.07) is 44.5. The molecule has 0 atom stereocenters. The summed E-state index contributed by atoms with van der Waals surface area (Å²) >= 11 is -0.346. The van der Waals surface area contributed by atoms with Crippen LogP contribution in [0.1, 0.15) is 26.7 Å². The number of nitrogens with zero attached hydrogens (tertiary/aromatic N) is 2. The van der Waals surface area contributed by atoms with Gasteiger partial charge >= 0.3 is 34.5 Å². The molecule has 0 bridgehead atoms. The van der Waals surface area contributed by atoms with Gasteiger partial charge in [0.15, 0.2) is 0 Å². The van der Waals surface area contributed by atoms with Gasteiger partial charge in [-0.15, -0.1) is 0 Å². The summed E-state index contributed by atoms with van der Waals surface area (Å²) in [5.41, 5.74) is 0. The first-order valence-corrected chi connectivity index (χ1v) is 21.9. The van der Waals surface area contributed by atoms with Crippen LogP contribution in [0.2, 0.25) is 0 Å². The van der Waals surface area contributed by atoms with Crippen molar-refractivity contribution >= 4 is 56.4 Å². The first-order valence-electron chi connectivity index (χ1n) is 14.3. The van der Waals surface area contributed by atoms with E-state index in [2.05, 4.69) is 138 Å². The Labute approximate surface area is 272 Å². The van der Waals surface area contributed by atoms with Crippen molar-refractivity contribution in [2.45, 2.75) is 26.7 Å². The number of benzene rings is 4. The van der Waals surface area contributed by atoms with Crippen molar-refractivity contribution in [3.05, 3.63) is 133 Å². The zero-order valence-corrected chi connectivity index (χ0v) is 29.6. The summed E-state index contributed by atoms with van der Waals surface area (Å²) in [7, 11) is 9.02. The molecule has 224 valence electrons. The van der Waals surface area contributed by atoms with Gasteiger partial charge in [0.05, 0.1) is 0 Å². The predicted molar refractivity (Wildman–Crippen MR) is 188 cm³/mol. The molecule has 0 aliphatic carbocycles. The molecule has 4 aromatic carbocycles. The second-order valence-electron chi connectivity index (χ2n) is 9.42. The summed E-state index contributed by atoms with van der Waals surface area (Å²) in [4.78, 5) is 5.81. The standard InChI is InChI=1S/C31H35NP2.C4H7N.2ClH.Ru/c1-2-23-32(24-26-33(28-15-7-3-8-16-28)29-17-9-4-10-18-29)25-27-34(30-19-11-5-12-20-30)31-21-13-6-14-22-31;1-3-4-5-2;;;/h3-22H,2,23-27H2,1H3;3-4H2,1H3;2*1H;/q;;;;+2/p-2. The van der Waals surface area contributed by atoms with E-state index in [1.54, 1.807) is 0 Å². The van der Waals surface area contributed by atoms with E-state index in [1.165, 1.54) is 46.5 Å². The normalized spacial score (nSPS) is 10.5. The SMILES string of the molecule is CCCN(CCP(c1ccccc1)c1ccccc1)CCP(c1ccccc1)c1ccccc1.[C-]#[N+]CCC.[Cl][Ru][Cl]. The van der Waals surface area contributed by atoms with Crippen LogP contribution in [0.5, 0.6) is 0 Å². The summed E-state index contributed by atoms with van der Waals surface area (Å²) in [5, 5.41) is 5.93. The number of hydrogen-bond donors (Lipinski definition) is 0. The van der Waals surface area contributed by atoms with Crippen molar-refractivity contribution < 1.29 is 15.1 Å². The van der Waals surface area contributed by atoms with Crippen molar-refractivity contribution in [1.29, 1.82) is 0 Å². The van der Waals surface area contributed by atoms with Gasteiger partial charge in [-0.3, -0.25) is 0 Å². The first-order chi connectivity index (χ1) is 20.7. The molecule has 0 saturated heterocycles. The van der Waals surface area contributed by atoms with Crippen molar-refractivity contribution in [1.82, 2.24) is 4.90 Å². The number of halogens is 2. The quantitative estimate of drug-likeness (QED) is 0.0762. The van der Waals surface area contributed by atoms with Gasteiger partial charge in [0, 0.05) is 19.5 Å². The Morgan fingerprint density at radius 3 is 1.10 bits per heavy atom. The Morgan fingerprint density at radius 2 is 0.881 bits per heavy atom. The zero-order chi connectivity index (χ0) is 30.3. The van der Waals surface area contributed by atoms with Crippen LogP contribution in [-0.2, 0) is 15.1 Å². The molecule has 2 nitrogen and oxygen atoms in total. The minimum absolute atomic E-state index is 0.344. The maximum absolute atomic E-state index is 6.23. The van der Waals surface area contributed by atoms with E-state index < -0.39 is 0 Å². The molecule has 0 fully saturated rings. The molecule has 42 heavy (non-hydrogen) atoms. The molecule has 0 unspecified atom stereocenters. The molecule has 0 aliphatic heterocycles. The summed E-state index contributed by atoms with van der Waals surface area (Å²) < 4.78 is 0. The van der Waals surface area contributed by atoms with Crippen LogP contribution in [0.15, 0.2) is 121 Å². The molecule has 4 aromatic rings. The molecular formula is C35H42Cl2N2P2Ru. The van der Waals surface area contributed by atoms with E-state index in [9.17, 15) is 0 Å². The fraction of sp³-hybridized carbons (Fsp3) is 0.286. The van der Waals surface area contributed by atoms with Crippen LogP contribution in [0.3, 0.4) is 0 Å². The van der Waals surface area contributed by atoms with Gasteiger partial charge in [0.1, 0.15) is 0 Å². The first kappa shape index (κ1) is 36.6. The van der Waals surface area contributed by atoms with Crippen LogP contribution >= 0.6 is 35.2 Å². The van der Waals surface area contributed by atoms with Gasteiger partial charge in [-0.25, -0.2) is 6.57 Å². The molecule has 0 spiro atoms. The van der Waals surface area contributed by atoms with Crippen molar-refractivity contribution in [3.8, 4) is 0 Å². The fourth-order valence-corrected chi connectivity index (χ4v) is 9.22. The zero-order valence-electron chi connectivity index (χ0n) is 24.6. The molecule has 0 aromatic heterocycles. The van der Waals surface area contributed by atoms with E-state index in [4.69, 9.17) is 26.0 Å². The monoisotopic (exact) mass is 724 g/mol. The Hall–Kier alpha value is -1.61. The van der Waals surface area contributed by atoms with Crippen LogP contribution in [0.25, 0.3) is 4.85 Å². The average molecular weight is 725 g/mol. The Balaban J connectivity index is 0.000000686. The van der Waals surface area contributed by atoms with Gasteiger partial charge in [0.2, 0.25) is 6.54 Å². The third-order valence-corrected chi connectivity index (χ3v) is 11.4. The van der Waals surface area contributed by atoms with Gasteiger partial charge < -0.3 is 9.74 Å². The van der Waals surface area contributed by atoms with E-state index in [-0.39, 0.29) is 31.0 Å². The molecule has 0 radical (unpaired) electrons. The van der Waals surface area contributed by atoms with Crippen molar-refractivity contribution in [2.24, 2.45) is 0 Å². The molecule has 0 N–H and O–H groups in total. The molecular weight excluding hydrogens is 682 g/mol. The Morgan fingerprint density at radius 1 is 0.571 bits per heavy atom. The van der Waals surface area contributed by atoms with Crippen LogP contribution < -0.4 is 21.2 Å². The molecule has 0 aliphatic rings. The summed E-state index contributed by atoms with van der Waals surface area (Å²) in [5.74, 6) is 0. The Bertz CT molecular complexity index is 1060. The summed E-state index contributed by atoms with van der Waals surface area (Å²) in [6.45, 7) is 14.7. The van der Waals surface area contributed by atoms with Crippen LogP contribution in [-0.4, -0.2) is 43.4 Å². The molecule has 7 heteroatoms. The molecule has 0 heterocycles. The molecule has 0 amide bonds. The van der Waals surface area contributed by atoms with Gasteiger partial charge in [0.25, 0.3) is 0 Å². The van der Waals surface area contributed by atoms with Gasteiger partial charge in [-0.1, -0.05) is 135 Å². The second kappa shape index (κ2) is 23.8. The third kappa shape index (κ3) is 14.2. The van der Waals surface area contributed by atoms with Gasteiger partial charge in [-0.05, 0) is 62.4 Å². The topological polar surface area (TPSA) is 7.60 Å². The van der Waals surface area contributed by atoms with E-state index in [0.29, 0.717) is 6.54 Å². The molecule has 0 saturated carbocycles.